The number of benzene rings is 2. The molecule has 2 aromatic rings. The Hall–Kier alpha value is -1.91. The fourth-order valence-corrected chi connectivity index (χ4v) is 3.38. The first kappa shape index (κ1) is 16.9. The molecule has 2 aromatic carbocycles. The third kappa shape index (κ3) is 3.94. The van der Waals surface area contributed by atoms with E-state index < -0.39 is 0 Å². The first-order chi connectivity index (χ1) is 11.5. The predicted molar refractivity (Wildman–Crippen MR) is 94.8 cm³/mol. The minimum atomic E-state index is -0.238. The topological polar surface area (TPSA) is 32.3 Å². The van der Waals surface area contributed by atoms with Crippen molar-refractivity contribution in [1.82, 2.24) is 4.90 Å². The third-order valence-corrected chi connectivity index (χ3v) is 4.65. The zero-order valence-electron chi connectivity index (χ0n) is 13.6. The van der Waals surface area contributed by atoms with E-state index in [0.29, 0.717) is 5.02 Å². The molecule has 126 valence electrons. The van der Waals surface area contributed by atoms with Gasteiger partial charge in [-0.25, -0.2) is 4.39 Å². The Balaban J connectivity index is 1.68. The van der Waals surface area contributed by atoms with Gasteiger partial charge in [0.1, 0.15) is 5.82 Å². The number of aryl methyl sites for hydroxylation is 1. The molecule has 0 spiro atoms. The molecule has 3 rings (SSSR count). The van der Waals surface area contributed by atoms with Crippen LogP contribution in [0.2, 0.25) is 5.02 Å². The Kier molecular flexibility index (Phi) is 5.17. The number of anilines is 1. The smallest absolute Gasteiger partial charge is 0.238 e. The summed E-state index contributed by atoms with van der Waals surface area (Å²) in [6, 6.07) is 12.2. The second-order valence-corrected chi connectivity index (χ2v) is 6.63. The molecule has 1 saturated heterocycles. The van der Waals surface area contributed by atoms with Gasteiger partial charge in [0.2, 0.25) is 5.91 Å². The summed E-state index contributed by atoms with van der Waals surface area (Å²) in [5.41, 5.74) is 2.63. The molecule has 1 aliphatic heterocycles. The Morgan fingerprint density at radius 3 is 2.96 bits per heavy atom. The van der Waals surface area contributed by atoms with Gasteiger partial charge in [-0.15, -0.1) is 0 Å². The van der Waals surface area contributed by atoms with Crippen LogP contribution >= 0.6 is 11.6 Å². The summed E-state index contributed by atoms with van der Waals surface area (Å²) in [6.45, 7) is 3.05. The molecule has 0 aromatic heterocycles. The van der Waals surface area contributed by atoms with E-state index in [1.165, 1.54) is 6.07 Å². The summed E-state index contributed by atoms with van der Waals surface area (Å²) >= 11 is 5.99. The van der Waals surface area contributed by atoms with Crippen LogP contribution in [0.4, 0.5) is 10.1 Å². The van der Waals surface area contributed by atoms with Gasteiger partial charge < -0.3 is 5.32 Å². The van der Waals surface area contributed by atoms with Gasteiger partial charge in [-0.3, -0.25) is 9.69 Å². The van der Waals surface area contributed by atoms with Gasteiger partial charge in [-0.1, -0.05) is 29.8 Å². The van der Waals surface area contributed by atoms with Gasteiger partial charge in [0, 0.05) is 16.8 Å². The van der Waals surface area contributed by atoms with Gasteiger partial charge in [-0.2, -0.15) is 0 Å². The highest BCUT2D eigenvalue weighted by Gasteiger charge is 2.27. The van der Waals surface area contributed by atoms with E-state index in [-0.39, 0.29) is 24.3 Å². The summed E-state index contributed by atoms with van der Waals surface area (Å²) in [4.78, 5) is 14.5. The van der Waals surface area contributed by atoms with Gasteiger partial charge in [0.25, 0.3) is 0 Å². The van der Waals surface area contributed by atoms with Crippen molar-refractivity contribution < 1.29 is 9.18 Å². The number of carbonyl (C=O) groups is 1. The van der Waals surface area contributed by atoms with Crippen molar-refractivity contribution in [2.24, 2.45) is 0 Å². The van der Waals surface area contributed by atoms with Crippen molar-refractivity contribution in [2.45, 2.75) is 25.8 Å². The van der Waals surface area contributed by atoms with Crippen molar-refractivity contribution in [1.29, 1.82) is 0 Å². The quantitative estimate of drug-likeness (QED) is 0.880. The summed E-state index contributed by atoms with van der Waals surface area (Å²) in [6.07, 6.45) is 1.94. The zero-order chi connectivity index (χ0) is 17.1. The van der Waals surface area contributed by atoms with Crippen LogP contribution < -0.4 is 5.32 Å². The van der Waals surface area contributed by atoms with E-state index >= 15 is 0 Å². The number of nitrogens with zero attached hydrogens (tertiary/aromatic N) is 1. The molecular formula is C19H20ClFN2O. The predicted octanol–water partition coefficient (Wildman–Crippen LogP) is 4.56. The minimum absolute atomic E-state index is 0.0799. The largest absolute Gasteiger partial charge is 0.325 e. The molecule has 1 amide bonds. The van der Waals surface area contributed by atoms with Crippen LogP contribution in [0.15, 0.2) is 42.5 Å². The van der Waals surface area contributed by atoms with Crippen LogP contribution in [-0.4, -0.2) is 23.9 Å². The summed E-state index contributed by atoms with van der Waals surface area (Å²) in [5, 5.41) is 3.51. The van der Waals surface area contributed by atoms with Crippen LogP contribution in [0.25, 0.3) is 0 Å². The molecule has 1 heterocycles. The molecule has 1 atom stereocenters. The number of nitrogens with one attached hydrogen (secondary N) is 1. The standard InChI is InChI=1S/C19H20ClFN2O/c1-13-7-8-15(20)11-17(13)22-19(24)12-23-9-3-6-18(23)14-4-2-5-16(21)10-14/h2,4-5,7-8,10-11,18H,3,6,9,12H2,1H3,(H,22,24). The van der Waals surface area contributed by atoms with Crippen LogP contribution in [0.1, 0.15) is 30.0 Å². The normalized spacial score (nSPS) is 17.9. The summed E-state index contributed by atoms with van der Waals surface area (Å²) < 4.78 is 13.5. The van der Waals surface area contributed by atoms with Gasteiger partial charge in [0.15, 0.2) is 0 Å². The van der Waals surface area contributed by atoms with Gasteiger partial charge in [-0.05, 0) is 61.7 Å². The highest BCUT2D eigenvalue weighted by molar-refractivity contribution is 6.31. The molecule has 0 radical (unpaired) electrons. The molecule has 5 heteroatoms. The fraction of sp³-hybridized carbons (Fsp3) is 0.316. The van der Waals surface area contributed by atoms with Crippen molar-refractivity contribution in [3.63, 3.8) is 0 Å². The number of rotatable bonds is 4. The van der Waals surface area contributed by atoms with Crippen LogP contribution in [0, 0.1) is 12.7 Å². The molecule has 24 heavy (non-hydrogen) atoms. The van der Waals surface area contributed by atoms with Crippen LogP contribution in [-0.2, 0) is 4.79 Å². The lowest BCUT2D eigenvalue weighted by Crippen LogP contribution is -2.33. The molecule has 0 aliphatic carbocycles. The van der Waals surface area contributed by atoms with E-state index in [4.69, 9.17) is 11.6 Å². The van der Waals surface area contributed by atoms with Crippen molar-refractivity contribution in [3.8, 4) is 0 Å². The molecule has 0 bridgehead atoms. The maximum Gasteiger partial charge on any atom is 0.238 e. The van der Waals surface area contributed by atoms with Crippen molar-refractivity contribution in [3.05, 3.63) is 64.4 Å². The number of amides is 1. The fourth-order valence-electron chi connectivity index (χ4n) is 3.21. The first-order valence-corrected chi connectivity index (χ1v) is 8.46. The van der Waals surface area contributed by atoms with E-state index in [9.17, 15) is 9.18 Å². The first-order valence-electron chi connectivity index (χ1n) is 8.08. The van der Waals surface area contributed by atoms with E-state index in [2.05, 4.69) is 10.2 Å². The lowest BCUT2D eigenvalue weighted by molar-refractivity contribution is -0.117. The Bertz CT molecular complexity index is 750. The van der Waals surface area contributed by atoms with Gasteiger partial charge in [0.05, 0.1) is 6.54 Å². The Morgan fingerprint density at radius 2 is 2.17 bits per heavy atom. The van der Waals surface area contributed by atoms with Crippen LogP contribution in [0.5, 0.6) is 0 Å². The Morgan fingerprint density at radius 1 is 1.33 bits per heavy atom. The Labute approximate surface area is 146 Å². The van der Waals surface area contributed by atoms with Crippen molar-refractivity contribution >= 4 is 23.2 Å². The van der Waals surface area contributed by atoms with E-state index in [0.717, 1.165) is 36.2 Å². The summed E-state index contributed by atoms with van der Waals surface area (Å²) in [7, 11) is 0. The second-order valence-electron chi connectivity index (χ2n) is 6.19. The maximum absolute atomic E-state index is 13.5. The molecule has 0 saturated carbocycles. The minimum Gasteiger partial charge on any atom is -0.325 e. The summed E-state index contributed by atoms with van der Waals surface area (Å²) in [5.74, 6) is -0.318. The molecular weight excluding hydrogens is 327 g/mol. The average Bonchev–Trinajstić information content (AvgIpc) is 2.99. The lowest BCUT2D eigenvalue weighted by atomic mass is 10.0. The third-order valence-electron chi connectivity index (χ3n) is 4.42. The molecule has 3 nitrogen and oxygen atoms in total. The molecule has 1 aliphatic rings. The SMILES string of the molecule is Cc1ccc(Cl)cc1NC(=O)CN1CCCC1c1cccc(F)c1. The second kappa shape index (κ2) is 7.32. The monoisotopic (exact) mass is 346 g/mol. The van der Waals surface area contributed by atoms with Crippen LogP contribution in [0.3, 0.4) is 0 Å². The zero-order valence-corrected chi connectivity index (χ0v) is 14.3. The molecule has 1 N–H and O–H groups in total. The number of likely N-dealkylation sites (tertiary alicyclic amines) is 1. The average molecular weight is 347 g/mol. The van der Waals surface area contributed by atoms with Gasteiger partial charge >= 0.3 is 0 Å². The highest BCUT2D eigenvalue weighted by atomic mass is 35.5. The molecule has 1 fully saturated rings. The number of hydrogen-bond donors (Lipinski definition) is 1. The number of halogens is 2. The molecule has 1 unspecified atom stereocenters. The lowest BCUT2D eigenvalue weighted by Gasteiger charge is -2.24. The maximum atomic E-state index is 13.5. The highest BCUT2D eigenvalue weighted by Crippen LogP contribution is 2.32. The van der Waals surface area contributed by atoms with Crippen molar-refractivity contribution in [2.75, 3.05) is 18.4 Å². The number of carbonyl (C=O) groups excluding carboxylic acids is 1. The van der Waals surface area contributed by atoms with E-state index in [1.54, 1.807) is 24.3 Å². The van der Waals surface area contributed by atoms with E-state index in [1.807, 2.05) is 19.1 Å². The number of hydrogen-bond acceptors (Lipinski definition) is 2.